The lowest BCUT2D eigenvalue weighted by Gasteiger charge is -2.18. The van der Waals surface area contributed by atoms with Gasteiger partial charge in [-0.2, -0.15) is 0 Å². The number of thiazole rings is 1. The van der Waals surface area contributed by atoms with Gasteiger partial charge in [-0.15, -0.1) is 11.3 Å². The Morgan fingerprint density at radius 3 is 2.81 bits per heavy atom. The molecule has 5 rings (SSSR count). The van der Waals surface area contributed by atoms with E-state index in [4.69, 9.17) is 9.72 Å². The van der Waals surface area contributed by atoms with Crippen molar-refractivity contribution in [1.29, 1.82) is 0 Å². The predicted octanol–water partition coefficient (Wildman–Crippen LogP) is 5.56. The van der Waals surface area contributed by atoms with Gasteiger partial charge in [-0.1, -0.05) is 6.07 Å². The summed E-state index contributed by atoms with van der Waals surface area (Å²) >= 11 is 1.68. The van der Waals surface area contributed by atoms with Gasteiger partial charge in [-0.25, -0.2) is 4.98 Å². The molecule has 1 aliphatic rings. The second-order valence-electron chi connectivity index (χ2n) is 7.85. The first-order chi connectivity index (χ1) is 15.2. The van der Waals surface area contributed by atoms with Crippen LogP contribution < -0.4 is 10.1 Å². The minimum absolute atomic E-state index is 0.0184. The molecule has 1 N–H and O–H groups in total. The van der Waals surface area contributed by atoms with Gasteiger partial charge >= 0.3 is 0 Å². The molecule has 2 heterocycles. The van der Waals surface area contributed by atoms with E-state index in [9.17, 15) is 4.79 Å². The number of carbonyl (C=O) groups is 1. The Kier molecular flexibility index (Phi) is 5.38. The lowest BCUT2D eigenvalue weighted by atomic mass is 9.95. The van der Waals surface area contributed by atoms with Crippen molar-refractivity contribution < 1.29 is 9.53 Å². The fourth-order valence-corrected chi connectivity index (χ4v) is 4.99. The maximum Gasteiger partial charge on any atom is 0.262 e. The molecule has 1 aliphatic carbocycles. The van der Waals surface area contributed by atoms with Gasteiger partial charge in [0.05, 0.1) is 10.2 Å². The van der Waals surface area contributed by atoms with Gasteiger partial charge in [0.2, 0.25) is 0 Å². The number of hydrogen-bond acceptors (Lipinski definition) is 5. The molecule has 0 bridgehead atoms. The van der Waals surface area contributed by atoms with Crippen molar-refractivity contribution >= 4 is 33.1 Å². The van der Waals surface area contributed by atoms with Crippen molar-refractivity contribution in [3.63, 3.8) is 0 Å². The van der Waals surface area contributed by atoms with E-state index in [2.05, 4.69) is 35.4 Å². The Morgan fingerprint density at radius 1 is 1.10 bits per heavy atom. The molecule has 5 nitrogen and oxygen atoms in total. The summed E-state index contributed by atoms with van der Waals surface area (Å²) in [4.78, 5) is 21.6. The molecule has 0 saturated heterocycles. The van der Waals surface area contributed by atoms with Gasteiger partial charge in [0.1, 0.15) is 10.8 Å². The van der Waals surface area contributed by atoms with Crippen LogP contribution in [0.5, 0.6) is 5.75 Å². The third-order valence-electron chi connectivity index (χ3n) is 5.51. The lowest BCUT2D eigenvalue weighted by Crippen LogP contribution is -2.21. The number of aryl methyl sites for hydroxylation is 2. The lowest BCUT2D eigenvalue weighted by molar-refractivity contribution is -0.118. The highest BCUT2D eigenvalue weighted by molar-refractivity contribution is 7.21. The number of nitrogens with one attached hydrogen (secondary N) is 1. The Balaban J connectivity index is 1.23. The van der Waals surface area contributed by atoms with Crippen LogP contribution in [0.2, 0.25) is 0 Å². The van der Waals surface area contributed by atoms with E-state index in [1.807, 2.05) is 30.3 Å². The number of amides is 1. The van der Waals surface area contributed by atoms with Crippen LogP contribution in [0.3, 0.4) is 0 Å². The van der Waals surface area contributed by atoms with E-state index in [1.165, 1.54) is 10.3 Å². The number of rotatable bonds is 5. The molecule has 4 aromatic rings. The smallest absolute Gasteiger partial charge is 0.262 e. The third kappa shape index (κ3) is 4.30. The van der Waals surface area contributed by atoms with Crippen LogP contribution in [0.25, 0.3) is 20.8 Å². The molecular weight excluding hydrogens is 406 g/mol. The molecule has 0 radical (unpaired) electrons. The maximum absolute atomic E-state index is 12.4. The summed E-state index contributed by atoms with van der Waals surface area (Å²) in [7, 11) is 0. The molecular formula is C25H23N3O2S. The number of pyridine rings is 1. The normalized spacial score (nSPS) is 13.1. The molecule has 0 spiro atoms. The summed E-state index contributed by atoms with van der Waals surface area (Å²) in [5.74, 6) is 0.603. The fourth-order valence-electron chi connectivity index (χ4n) is 3.92. The number of aromatic nitrogens is 2. The van der Waals surface area contributed by atoms with Crippen molar-refractivity contribution in [2.24, 2.45) is 0 Å². The summed E-state index contributed by atoms with van der Waals surface area (Å²) < 4.78 is 7.00. The Labute approximate surface area is 185 Å². The van der Waals surface area contributed by atoms with E-state index >= 15 is 0 Å². The zero-order chi connectivity index (χ0) is 21.2. The summed E-state index contributed by atoms with van der Waals surface area (Å²) in [5, 5.41) is 3.88. The van der Waals surface area contributed by atoms with Gasteiger partial charge in [-0.05, 0) is 80.6 Å². The Bertz CT molecular complexity index is 1250. The second kappa shape index (κ2) is 8.47. The van der Waals surface area contributed by atoms with Crippen LogP contribution in [-0.2, 0) is 17.6 Å². The number of anilines is 1. The van der Waals surface area contributed by atoms with Gasteiger partial charge in [0.15, 0.2) is 6.61 Å². The van der Waals surface area contributed by atoms with E-state index < -0.39 is 0 Å². The Morgan fingerprint density at radius 2 is 1.94 bits per heavy atom. The summed E-state index contributed by atoms with van der Waals surface area (Å²) in [6, 6.07) is 15.9. The molecule has 2 aromatic carbocycles. The predicted molar refractivity (Wildman–Crippen MR) is 125 cm³/mol. The highest BCUT2D eigenvalue weighted by atomic mass is 32.1. The minimum Gasteiger partial charge on any atom is -0.483 e. The number of ether oxygens (including phenoxy) is 1. The first-order valence-corrected chi connectivity index (χ1v) is 11.3. The molecule has 6 heteroatoms. The molecule has 2 aromatic heterocycles. The molecule has 31 heavy (non-hydrogen) atoms. The topological polar surface area (TPSA) is 64.1 Å². The Hall–Kier alpha value is -3.25. The van der Waals surface area contributed by atoms with Crippen LogP contribution in [0.4, 0.5) is 5.69 Å². The zero-order valence-corrected chi connectivity index (χ0v) is 18.2. The van der Waals surface area contributed by atoms with Crippen LogP contribution in [0.1, 0.15) is 29.7 Å². The average molecular weight is 430 g/mol. The largest absolute Gasteiger partial charge is 0.483 e. The van der Waals surface area contributed by atoms with Crippen molar-refractivity contribution in [2.45, 2.75) is 32.6 Å². The quantitative estimate of drug-likeness (QED) is 0.451. The fraction of sp³-hybridized carbons (Fsp3) is 0.240. The zero-order valence-electron chi connectivity index (χ0n) is 17.4. The first kappa shape index (κ1) is 19.7. The van der Waals surface area contributed by atoms with Gasteiger partial charge < -0.3 is 10.1 Å². The molecule has 0 fully saturated rings. The second-order valence-corrected chi connectivity index (χ2v) is 8.88. The number of fused-ring (bicyclic) bond motifs is 2. The number of benzene rings is 2. The van der Waals surface area contributed by atoms with E-state index in [1.54, 1.807) is 17.5 Å². The monoisotopic (exact) mass is 429 g/mol. The van der Waals surface area contributed by atoms with Crippen molar-refractivity contribution in [3.8, 4) is 16.3 Å². The van der Waals surface area contributed by atoms with Crippen molar-refractivity contribution in [3.05, 3.63) is 71.5 Å². The van der Waals surface area contributed by atoms with Crippen LogP contribution >= 0.6 is 11.3 Å². The summed E-state index contributed by atoms with van der Waals surface area (Å²) in [5.41, 5.74) is 6.28. The van der Waals surface area contributed by atoms with Crippen LogP contribution in [-0.4, -0.2) is 22.5 Å². The average Bonchev–Trinajstić information content (AvgIpc) is 3.21. The number of hydrogen-bond donors (Lipinski definition) is 1. The molecule has 156 valence electrons. The summed E-state index contributed by atoms with van der Waals surface area (Å²) in [6.07, 6.45) is 6.02. The van der Waals surface area contributed by atoms with Crippen molar-refractivity contribution in [1.82, 2.24) is 9.97 Å². The van der Waals surface area contributed by atoms with Gasteiger partial charge in [0.25, 0.3) is 5.91 Å². The molecule has 0 aliphatic heterocycles. The van der Waals surface area contributed by atoms with Gasteiger partial charge in [0, 0.05) is 28.7 Å². The highest BCUT2D eigenvalue weighted by Gasteiger charge is 2.16. The van der Waals surface area contributed by atoms with Crippen molar-refractivity contribution in [2.75, 3.05) is 11.9 Å². The third-order valence-corrected chi connectivity index (χ3v) is 6.58. The van der Waals surface area contributed by atoms with E-state index in [-0.39, 0.29) is 12.5 Å². The van der Waals surface area contributed by atoms with E-state index in [0.29, 0.717) is 0 Å². The van der Waals surface area contributed by atoms with Crippen LogP contribution in [0.15, 0.2) is 54.7 Å². The van der Waals surface area contributed by atoms with Crippen LogP contribution in [0, 0.1) is 6.92 Å². The SMILES string of the molecule is Cc1ccc2nc(-c3ccc(NC(=O)COc4ccnc5c4CCCC5)cc3)sc2c1. The standard InChI is InChI=1S/C25H23N3O2S/c1-16-6-11-21-23(14-16)31-25(28-21)17-7-9-18(10-8-17)27-24(29)15-30-22-12-13-26-20-5-3-2-4-19(20)22/h6-14H,2-5,15H2,1H3,(H,27,29). The minimum atomic E-state index is -0.176. The molecule has 0 atom stereocenters. The molecule has 0 unspecified atom stereocenters. The highest BCUT2D eigenvalue weighted by Crippen LogP contribution is 2.31. The number of carbonyl (C=O) groups excluding carboxylic acids is 1. The van der Waals surface area contributed by atoms with E-state index in [0.717, 1.165) is 64.5 Å². The summed E-state index contributed by atoms with van der Waals surface area (Å²) in [6.45, 7) is 2.07. The first-order valence-electron chi connectivity index (χ1n) is 10.5. The van der Waals surface area contributed by atoms with Gasteiger partial charge in [-0.3, -0.25) is 9.78 Å². The molecule has 1 amide bonds. The molecule has 0 saturated carbocycles. The maximum atomic E-state index is 12.4. The number of nitrogens with zero attached hydrogens (tertiary/aromatic N) is 2.